The molecule has 138 valence electrons. The number of pyridine rings is 1. The molecule has 0 amide bonds. The molecule has 0 spiro atoms. The molecule has 1 aliphatic heterocycles. The summed E-state index contributed by atoms with van der Waals surface area (Å²) in [7, 11) is 3.92. The number of ether oxygens (including phenoxy) is 1. The van der Waals surface area contributed by atoms with Crippen molar-refractivity contribution in [1.29, 1.82) is 0 Å². The number of nitrogens with one attached hydrogen (secondary N) is 1. The smallest absolute Gasteiger partial charge is 0.193 e. The first-order valence-corrected chi connectivity index (χ1v) is 8.60. The second-order valence-corrected chi connectivity index (χ2v) is 6.49. The number of nitrogens with zero attached hydrogens (tertiary/aromatic N) is 4. The van der Waals surface area contributed by atoms with Crippen molar-refractivity contribution in [3.63, 3.8) is 0 Å². The number of aryl methyl sites for hydroxylation is 1. The van der Waals surface area contributed by atoms with E-state index in [1.54, 1.807) is 0 Å². The molecule has 0 radical (unpaired) electrons. The Kier molecular flexibility index (Phi) is 7.49. The summed E-state index contributed by atoms with van der Waals surface area (Å²) >= 11 is 0. The first-order valence-electron chi connectivity index (χ1n) is 8.60. The van der Waals surface area contributed by atoms with Crippen LogP contribution in [0.5, 0.6) is 0 Å². The quantitative estimate of drug-likeness (QED) is 0.426. The molecule has 1 saturated heterocycles. The zero-order valence-corrected chi connectivity index (χ0v) is 17.6. The van der Waals surface area contributed by atoms with Gasteiger partial charge in [-0.3, -0.25) is 4.99 Å². The monoisotopic (exact) mass is 457 g/mol. The van der Waals surface area contributed by atoms with E-state index in [1.165, 1.54) is 5.56 Å². The Balaban J connectivity index is 0.00000225. The van der Waals surface area contributed by atoms with Crippen molar-refractivity contribution in [2.45, 2.75) is 19.8 Å². The molecule has 2 aromatic heterocycles. The van der Waals surface area contributed by atoms with Crippen molar-refractivity contribution < 1.29 is 4.74 Å². The summed E-state index contributed by atoms with van der Waals surface area (Å²) < 4.78 is 7.54. The molecule has 0 aliphatic carbocycles. The summed E-state index contributed by atoms with van der Waals surface area (Å²) in [5, 5.41) is 3.44. The van der Waals surface area contributed by atoms with E-state index in [2.05, 4.69) is 51.9 Å². The highest BCUT2D eigenvalue weighted by molar-refractivity contribution is 14.0. The van der Waals surface area contributed by atoms with E-state index in [-0.39, 0.29) is 24.0 Å². The van der Waals surface area contributed by atoms with E-state index >= 15 is 0 Å². The number of halogens is 1. The Morgan fingerprint density at radius 1 is 1.52 bits per heavy atom. The highest BCUT2D eigenvalue weighted by Crippen LogP contribution is 2.13. The van der Waals surface area contributed by atoms with Gasteiger partial charge < -0.3 is 19.4 Å². The fourth-order valence-corrected chi connectivity index (χ4v) is 3.21. The first kappa shape index (κ1) is 20.0. The van der Waals surface area contributed by atoms with Gasteiger partial charge in [-0.25, -0.2) is 4.98 Å². The van der Waals surface area contributed by atoms with E-state index in [1.807, 2.05) is 13.2 Å². The lowest BCUT2D eigenvalue weighted by Crippen LogP contribution is -2.42. The van der Waals surface area contributed by atoms with E-state index in [0.717, 1.165) is 56.4 Å². The van der Waals surface area contributed by atoms with Gasteiger partial charge in [0, 0.05) is 58.5 Å². The van der Waals surface area contributed by atoms with Gasteiger partial charge in [0.2, 0.25) is 0 Å². The van der Waals surface area contributed by atoms with Gasteiger partial charge in [-0.15, -0.1) is 24.0 Å². The number of imidazole rings is 1. The Hall–Kier alpha value is -1.35. The van der Waals surface area contributed by atoms with Gasteiger partial charge in [0.15, 0.2) is 5.96 Å². The number of rotatable bonds is 5. The average molecular weight is 457 g/mol. The van der Waals surface area contributed by atoms with Gasteiger partial charge in [0.1, 0.15) is 5.65 Å². The van der Waals surface area contributed by atoms with Crippen LogP contribution in [-0.4, -0.2) is 60.6 Å². The molecule has 25 heavy (non-hydrogen) atoms. The lowest BCUT2D eigenvalue weighted by atomic mass is 10.1. The molecule has 6 nitrogen and oxygen atoms in total. The van der Waals surface area contributed by atoms with Crippen LogP contribution >= 0.6 is 24.0 Å². The third-order valence-electron chi connectivity index (χ3n) is 4.52. The number of hydrogen-bond donors (Lipinski definition) is 1. The first-order chi connectivity index (χ1) is 11.7. The van der Waals surface area contributed by atoms with Crippen LogP contribution in [0.3, 0.4) is 0 Å². The van der Waals surface area contributed by atoms with Crippen molar-refractivity contribution in [2.24, 2.45) is 10.9 Å². The highest BCUT2D eigenvalue weighted by Gasteiger charge is 2.19. The Bertz CT molecular complexity index is 709. The van der Waals surface area contributed by atoms with Gasteiger partial charge in [-0.1, -0.05) is 6.07 Å². The SMILES string of the molecule is CN=C(NCCc1cn2cccc(C)c2n1)N(C)CC1CCOC1.I. The maximum Gasteiger partial charge on any atom is 0.193 e. The summed E-state index contributed by atoms with van der Waals surface area (Å²) in [5.74, 6) is 1.54. The second kappa shape index (κ2) is 9.38. The molecule has 0 aromatic carbocycles. The zero-order chi connectivity index (χ0) is 16.9. The largest absolute Gasteiger partial charge is 0.381 e. The average Bonchev–Trinajstić information content (AvgIpc) is 3.21. The Labute approximate surface area is 166 Å². The minimum atomic E-state index is 0. The summed E-state index contributed by atoms with van der Waals surface area (Å²) in [6.07, 6.45) is 6.16. The fraction of sp³-hybridized carbons (Fsp3) is 0.556. The standard InChI is InChI=1S/C18H27N5O.HI/c1-14-5-4-9-23-12-16(21-17(14)23)6-8-20-18(19-2)22(3)11-15-7-10-24-13-15;/h4-5,9,12,15H,6-8,10-11,13H2,1-3H3,(H,19,20);1H. The maximum atomic E-state index is 5.45. The second-order valence-electron chi connectivity index (χ2n) is 6.49. The maximum absolute atomic E-state index is 5.45. The van der Waals surface area contributed by atoms with Crippen molar-refractivity contribution in [3.8, 4) is 0 Å². The highest BCUT2D eigenvalue weighted by atomic mass is 127. The van der Waals surface area contributed by atoms with Gasteiger partial charge in [-0.05, 0) is 25.0 Å². The van der Waals surface area contributed by atoms with Crippen LogP contribution in [0.15, 0.2) is 29.5 Å². The molecule has 0 saturated carbocycles. The lowest BCUT2D eigenvalue weighted by molar-refractivity contribution is 0.181. The summed E-state index contributed by atoms with van der Waals surface area (Å²) in [6, 6.07) is 4.14. The van der Waals surface area contributed by atoms with Gasteiger partial charge in [0.25, 0.3) is 0 Å². The van der Waals surface area contributed by atoms with Crippen molar-refractivity contribution in [1.82, 2.24) is 19.6 Å². The molecule has 1 atom stereocenters. The molecule has 2 aromatic rings. The van der Waals surface area contributed by atoms with E-state index in [0.29, 0.717) is 5.92 Å². The predicted molar refractivity (Wildman–Crippen MR) is 112 cm³/mol. The molecule has 1 N–H and O–H groups in total. The molecule has 3 heterocycles. The minimum absolute atomic E-state index is 0. The predicted octanol–water partition coefficient (Wildman–Crippen LogP) is 2.35. The molecule has 1 fully saturated rings. The number of guanidine groups is 1. The minimum Gasteiger partial charge on any atom is -0.381 e. The van der Waals surface area contributed by atoms with Crippen molar-refractivity contribution >= 4 is 35.6 Å². The van der Waals surface area contributed by atoms with Crippen LogP contribution < -0.4 is 5.32 Å². The molecule has 3 rings (SSSR count). The molecule has 1 unspecified atom stereocenters. The number of aromatic nitrogens is 2. The molecule has 0 bridgehead atoms. The van der Waals surface area contributed by atoms with Crippen LogP contribution in [0.4, 0.5) is 0 Å². The van der Waals surface area contributed by atoms with Crippen molar-refractivity contribution in [3.05, 3.63) is 35.8 Å². The number of hydrogen-bond acceptors (Lipinski definition) is 3. The molecular formula is C18H28IN5O. The van der Waals surface area contributed by atoms with Crippen LogP contribution in [-0.2, 0) is 11.2 Å². The van der Waals surface area contributed by atoms with Gasteiger partial charge >= 0.3 is 0 Å². The van der Waals surface area contributed by atoms with Crippen LogP contribution in [0.1, 0.15) is 17.7 Å². The van der Waals surface area contributed by atoms with Crippen LogP contribution in [0.2, 0.25) is 0 Å². The number of aliphatic imine (C=N–C) groups is 1. The Morgan fingerprint density at radius 2 is 2.36 bits per heavy atom. The summed E-state index contributed by atoms with van der Waals surface area (Å²) in [6.45, 7) is 5.64. The Morgan fingerprint density at radius 3 is 3.04 bits per heavy atom. The summed E-state index contributed by atoms with van der Waals surface area (Å²) in [4.78, 5) is 11.3. The lowest BCUT2D eigenvalue weighted by Gasteiger charge is -2.24. The molecule has 1 aliphatic rings. The third-order valence-corrected chi connectivity index (χ3v) is 4.52. The third kappa shape index (κ3) is 5.07. The van der Waals surface area contributed by atoms with Gasteiger partial charge in [-0.2, -0.15) is 0 Å². The van der Waals surface area contributed by atoms with E-state index in [4.69, 9.17) is 9.72 Å². The fourth-order valence-electron chi connectivity index (χ4n) is 3.21. The normalized spacial score (nSPS) is 17.6. The summed E-state index contributed by atoms with van der Waals surface area (Å²) in [5.41, 5.74) is 3.33. The molecule has 7 heteroatoms. The molecular weight excluding hydrogens is 429 g/mol. The van der Waals surface area contributed by atoms with Crippen molar-refractivity contribution in [2.75, 3.05) is 40.4 Å². The van der Waals surface area contributed by atoms with Gasteiger partial charge in [0.05, 0.1) is 12.3 Å². The van der Waals surface area contributed by atoms with E-state index < -0.39 is 0 Å². The van der Waals surface area contributed by atoms with E-state index in [9.17, 15) is 0 Å². The number of fused-ring (bicyclic) bond motifs is 1. The van der Waals surface area contributed by atoms with Crippen LogP contribution in [0, 0.1) is 12.8 Å². The van der Waals surface area contributed by atoms with Crippen LogP contribution in [0.25, 0.3) is 5.65 Å². The zero-order valence-electron chi connectivity index (χ0n) is 15.2. The topological polar surface area (TPSA) is 54.2 Å².